The van der Waals surface area contributed by atoms with Gasteiger partial charge in [0.1, 0.15) is 0 Å². The van der Waals surface area contributed by atoms with Gasteiger partial charge in [-0.2, -0.15) is 0 Å². The molecule has 6 rings (SSSR count). The minimum Gasteiger partial charge on any atom is -0.465 e. The molecule has 0 amide bonds. The maximum Gasteiger partial charge on any atom is 0.309 e. The number of allylic oxidation sites excluding steroid dienone is 1. The van der Waals surface area contributed by atoms with E-state index in [9.17, 15) is 15.1 Å². The lowest BCUT2D eigenvalue weighted by molar-refractivity contribution is -0.302. The highest BCUT2D eigenvalue weighted by atomic mass is 16.7. The van der Waals surface area contributed by atoms with Gasteiger partial charge >= 0.3 is 5.97 Å². The Morgan fingerprint density at radius 1 is 1.05 bits per heavy atom. The molecule has 1 aliphatic heterocycles. The van der Waals surface area contributed by atoms with E-state index in [2.05, 4.69) is 59.7 Å². The highest BCUT2D eigenvalue weighted by Crippen LogP contribution is 2.75. The summed E-state index contributed by atoms with van der Waals surface area (Å²) in [5, 5.41) is 26.3. The summed E-state index contributed by atoms with van der Waals surface area (Å²) in [5.74, 6) is -0.188. The number of hydrogen-bond acceptors (Lipinski definition) is 7. The van der Waals surface area contributed by atoms with E-state index in [0.717, 1.165) is 64.2 Å². The number of aliphatic hydroxyl groups is 1. The zero-order chi connectivity index (χ0) is 31.1. The molecule has 0 aromatic heterocycles. The first kappa shape index (κ1) is 31.5. The molecule has 0 aromatic carbocycles. The number of hydrogen-bond donors (Lipinski definition) is 2. The molecule has 1 spiro atoms. The molecule has 6 aliphatic rings. The van der Waals surface area contributed by atoms with Gasteiger partial charge in [0.2, 0.25) is 0 Å². The summed E-state index contributed by atoms with van der Waals surface area (Å²) in [6, 6.07) is 0. The van der Waals surface area contributed by atoms with Crippen molar-refractivity contribution in [1.82, 2.24) is 0 Å². The lowest BCUT2D eigenvalue weighted by Gasteiger charge is -2.71. The summed E-state index contributed by atoms with van der Waals surface area (Å²) in [4.78, 5) is 13.5. The number of unbranched alkanes of at least 4 members (excludes halogenated alkanes) is 1. The number of fused-ring (bicyclic) bond motifs is 7. The van der Waals surface area contributed by atoms with E-state index in [1.165, 1.54) is 5.57 Å². The molecule has 1 saturated heterocycles. The molecule has 43 heavy (non-hydrogen) atoms. The van der Waals surface area contributed by atoms with E-state index in [1.807, 2.05) is 0 Å². The van der Waals surface area contributed by atoms with Crippen LogP contribution in [-0.2, 0) is 19.0 Å². The minimum atomic E-state index is -0.664. The van der Waals surface area contributed by atoms with Crippen LogP contribution in [0.4, 0.5) is 0 Å². The van der Waals surface area contributed by atoms with E-state index >= 15 is 0 Å². The third-order valence-electron chi connectivity index (χ3n) is 14.2. The first-order chi connectivity index (χ1) is 20.2. The van der Waals surface area contributed by atoms with Crippen molar-refractivity contribution in [2.45, 2.75) is 125 Å². The van der Waals surface area contributed by atoms with Gasteiger partial charge in [0.25, 0.3) is 0 Å². The molecule has 4 saturated carbocycles. The van der Waals surface area contributed by atoms with Gasteiger partial charge in [-0.1, -0.05) is 66.5 Å². The molecule has 0 radical (unpaired) electrons. The number of carbonyl (C=O) groups is 1. The molecule has 0 aromatic rings. The molecule has 7 nitrogen and oxygen atoms in total. The zero-order valence-corrected chi connectivity index (χ0v) is 27.8. The van der Waals surface area contributed by atoms with Gasteiger partial charge in [-0.25, -0.2) is 0 Å². The molecule has 1 heterocycles. The average molecular weight is 600 g/mol. The number of esters is 1. The number of rotatable bonds is 5. The summed E-state index contributed by atoms with van der Waals surface area (Å²) in [6.45, 7) is 17.8. The molecule has 5 fully saturated rings. The predicted molar refractivity (Wildman–Crippen MR) is 165 cm³/mol. The van der Waals surface area contributed by atoms with Crippen molar-refractivity contribution in [2.24, 2.45) is 61.8 Å². The first-order valence-electron chi connectivity index (χ1n) is 17.3. The van der Waals surface area contributed by atoms with Gasteiger partial charge in [-0.15, -0.1) is 5.16 Å². The van der Waals surface area contributed by atoms with Crippen LogP contribution in [0.3, 0.4) is 0 Å². The Labute approximate surface area is 259 Å². The Hall–Kier alpha value is -1.44. The Balaban J connectivity index is 1.40. The van der Waals surface area contributed by atoms with E-state index in [0.29, 0.717) is 19.8 Å². The van der Waals surface area contributed by atoms with Gasteiger partial charge in [0.05, 0.1) is 38.1 Å². The van der Waals surface area contributed by atoms with Crippen LogP contribution in [0.2, 0.25) is 0 Å². The lowest BCUT2D eigenvalue weighted by atomic mass is 9.33. The summed E-state index contributed by atoms with van der Waals surface area (Å²) in [5.41, 5.74) is 0.273. The number of oxime groups is 1. The van der Waals surface area contributed by atoms with E-state index in [1.54, 1.807) is 6.21 Å². The first-order valence-corrected chi connectivity index (χ1v) is 17.3. The molecular formula is C36H57NO6. The topological polar surface area (TPSA) is 97.6 Å². The van der Waals surface area contributed by atoms with E-state index in [-0.39, 0.29) is 57.2 Å². The molecule has 7 heteroatoms. The van der Waals surface area contributed by atoms with Gasteiger partial charge in [0.15, 0.2) is 5.79 Å². The van der Waals surface area contributed by atoms with Crippen LogP contribution in [0, 0.1) is 56.7 Å². The van der Waals surface area contributed by atoms with Crippen molar-refractivity contribution in [2.75, 3.05) is 19.8 Å². The second-order valence-electron chi connectivity index (χ2n) is 17.0. The van der Waals surface area contributed by atoms with Crippen LogP contribution < -0.4 is 0 Å². The number of aliphatic hydroxyl groups excluding tert-OH is 1. The zero-order valence-electron chi connectivity index (χ0n) is 27.8. The fraction of sp³-hybridized carbons (Fsp3) is 0.889. The lowest BCUT2D eigenvalue weighted by Crippen LogP contribution is -2.70. The summed E-state index contributed by atoms with van der Waals surface area (Å²) >= 11 is 0. The summed E-state index contributed by atoms with van der Waals surface area (Å²) in [6.07, 6.45) is 12.6. The molecule has 4 unspecified atom stereocenters. The van der Waals surface area contributed by atoms with Crippen LogP contribution in [0.5, 0.6) is 0 Å². The van der Waals surface area contributed by atoms with Crippen molar-refractivity contribution in [3.05, 3.63) is 11.6 Å². The van der Waals surface area contributed by atoms with Gasteiger partial charge in [0, 0.05) is 23.2 Å². The number of carbonyl (C=O) groups excluding carboxylic acids is 1. The van der Waals surface area contributed by atoms with Crippen molar-refractivity contribution in [3.8, 4) is 0 Å². The minimum absolute atomic E-state index is 0.0167. The third-order valence-corrected chi connectivity index (χ3v) is 14.2. The quantitative estimate of drug-likeness (QED) is 0.0871. The van der Waals surface area contributed by atoms with Gasteiger partial charge < -0.3 is 24.5 Å². The second-order valence-corrected chi connectivity index (χ2v) is 17.0. The molecule has 2 N–H and O–H groups in total. The molecule has 0 bridgehead atoms. The van der Waals surface area contributed by atoms with Crippen LogP contribution in [0.15, 0.2) is 16.8 Å². The fourth-order valence-electron chi connectivity index (χ4n) is 12.1. The van der Waals surface area contributed by atoms with Crippen LogP contribution >= 0.6 is 0 Å². The van der Waals surface area contributed by atoms with E-state index in [4.69, 9.17) is 14.2 Å². The Morgan fingerprint density at radius 2 is 1.77 bits per heavy atom. The average Bonchev–Trinajstić information content (AvgIpc) is 3.42. The Bertz CT molecular complexity index is 1150. The normalized spacial score (nSPS) is 45.9. The predicted octanol–water partition coefficient (Wildman–Crippen LogP) is 7.14. The Morgan fingerprint density at radius 3 is 2.44 bits per heavy atom. The second kappa shape index (κ2) is 10.6. The molecule has 242 valence electrons. The molecular weight excluding hydrogens is 542 g/mol. The monoisotopic (exact) mass is 599 g/mol. The van der Waals surface area contributed by atoms with Crippen LogP contribution in [0.1, 0.15) is 113 Å². The number of ether oxygens (including phenoxy) is 3. The largest absolute Gasteiger partial charge is 0.465 e. The summed E-state index contributed by atoms with van der Waals surface area (Å²) < 4.78 is 18.6. The van der Waals surface area contributed by atoms with Gasteiger partial charge in [-0.3, -0.25) is 4.79 Å². The molecule has 5 aliphatic carbocycles. The van der Waals surface area contributed by atoms with Gasteiger partial charge in [-0.05, 0) is 85.4 Å². The highest BCUT2D eigenvalue weighted by Gasteiger charge is 2.73. The van der Waals surface area contributed by atoms with Crippen molar-refractivity contribution in [1.29, 1.82) is 0 Å². The third kappa shape index (κ3) is 4.36. The number of nitrogens with zero attached hydrogens (tertiary/aromatic N) is 1. The maximum atomic E-state index is 13.5. The standard InChI is InChI=1S/C36H57NO6/c1-8-9-16-41-30(39)25-21-31(2,3)20-24-23(25)10-12-33(6)26(24)19-27(38)29-34(33,7)13-11-28-32(4,5)36(42-17-18-43-36)15-14-35(28,29)22-37-40/h19,22-25,27-29,38,40H,8-18,20-21H2,1-7H3/t23?,24?,25-,27+,28?,29?,33-,34-,35-/m1/s1. The van der Waals surface area contributed by atoms with Crippen molar-refractivity contribution >= 4 is 12.2 Å². The SMILES string of the molecule is CCCCOC(=O)[C@@H]1CC(C)(C)CC2C3=C[C@H](O)C4[C@@]5(C=NO)CCC6(OCCO6)C(C)(C)C5CC[C@@]4(C)[C@]3(C)CCC21. The Kier molecular flexibility index (Phi) is 7.74. The van der Waals surface area contributed by atoms with E-state index < -0.39 is 17.3 Å². The van der Waals surface area contributed by atoms with Crippen molar-refractivity contribution < 1.29 is 29.3 Å². The molecule has 9 atom stereocenters. The summed E-state index contributed by atoms with van der Waals surface area (Å²) in [7, 11) is 0. The van der Waals surface area contributed by atoms with Crippen LogP contribution in [-0.4, -0.2) is 54.2 Å². The smallest absolute Gasteiger partial charge is 0.309 e. The fourth-order valence-corrected chi connectivity index (χ4v) is 12.1. The van der Waals surface area contributed by atoms with Crippen LogP contribution in [0.25, 0.3) is 0 Å². The highest BCUT2D eigenvalue weighted by molar-refractivity contribution is 5.73. The van der Waals surface area contributed by atoms with Crippen molar-refractivity contribution in [3.63, 3.8) is 0 Å². The maximum absolute atomic E-state index is 13.5.